The maximum Gasteiger partial charge on any atom is 0.174 e. The topological polar surface area (TPSA) is 33.1 Å². The first kappa shape index (κ1) is 19.5. The molecule has 0 saturated carbocycles. The number of hydrogen-bond donors (Lipinski definition) is 1. The van der Waals surface area contributed by atoms with Crippen LogP contribution in [0.4, 0.5) is 10.1 Å². The lowest BCUT2D eigenvalue weighted by Crippen LogP contribution is -2.31. The van der Waals surface area contributed by atoms with Crippen molar-refractivity contribution in [3.05, 3.63) is 114 Å². The van der Waals surface area contributed by atoms with Gasteiger partial charge in [-0.3, -0.25) is 4.98 Å². The van der Waals surface area contributed by atoms with Crippen LogP contribution in [0.15, 0.2) is 91.3 Å². The van der Waals surface area contributed by atoms with Crippen LogP contribution in [0.2, 0.25) is 0 Å². The van der Waals surface area contributed by atoms with E-state index in [1.807, 2.05) is 47.5 Å². The first-order chi connectivity index (χ1) is 15.1. The average molecular weight is 429 g/mol. The van der Waals surface area contributed by atoms with Crippen molar-refractivity contribution in [1.82, 2.24) is 14.9 Å². The van der Waals surface area contributed by atoms with Crippen LogP contribution < -0.4 is 10.2 Å². The minimum absolute atomic E-state index is 0.230. The molecule has 4 nitrogen and oxygen atoms in total. The molecule has 6 heteroatoms. The number of nitrogens with one attached hydrogen (secondary N) is 1. The van der Waals surface area contributed by atoms with E-state index in [1.165, 1.54) is 11.6 Å². The molecule has 0 radical (unpaired) electrons. The third-order valence-corrected chi connectivity index (χ3v) is 5.89. The van der Waals surface area contributed by atoms with Crippen molar-refractivity contribution in [3.8, 4) is 5.69 Å². The third-order valence-electron chi connectivity index (χ3n) is 5.57. The zero-order valence-corrected chi connectivity index (χ0v) is 17.8. The SMILES string of the molecule is Cc1cccc(-n2cccc2[C@@H]2[C@@H](c3ccccn3)NC(=S)N2c2ccccc2F)c1. The van der Waals surface area contributed by atoms with E-state index in [4.69, 9.17) is 12.2 Å². The van der Waals surface area contributed by atoms with Crippen molar-refractivity contribution in [2.45, 2.75) is 19.0 Å². The molecule has 1 aliphatic heterocycles. The van der Waals surface area contributed by atoms with Gasteiger partial charge in [0.05, 0.1) is 17.4 Å². The lowest BCUT2D eigenvalue weighted by atomic mass is 10.0. The molecule has 154 valence electrons. The van der Waals surface area contributed by atoms with Crippen molar-refractivity contribution in [1.29, 1.82) is 0 Å². The predicted octanol–water partition coefficient (Wildman–Crippen LogP) is 5.50. The number of pyridine rings is 1. The number of nitrogens with zero attached hydrogens (tertiary/aromatic N) is 3. The van der Waals surface area contributed by atoms with Gasteiger partial charge in [-0.25, -0.2) is 4.39 Å². The number of aromatic nitrogens is 2. The number of halogens is 1. The third kappa shape index (κ3) is 3.49. The highest BCUT2D eigenvalue weighted by molar-refractivity contribution is 7.80. The van der Waals surface area contributed by atoms with Gasteiger partial charge in [-0.05, 0) is 73.2 Å². The molecule has 1 aliphatic rings. The summed E-state index contributed by atoms with van der Waals surface area (Å²) >= 11 is 5.70. The van der Waals surface area contributed by atoms with E-state index in [0.717, 1.165) is 17.1 Å². The fraction of sp³-hybridized carbons (Fsp3) is 0.120. The number of aryl methyl sites for hydroxylation is 1. The van der Waals surface area contributed by atoms with Gasteiger partial charge in [-0.15, -0.1) is 0 Å². The minimum Gasteiger partial charge on any atom is -0.351 e. The van der Waals surface area contributed by atoms with Gasteiger partial charge in [-0.1, -0.05) is 30.3 Å². The van der Waals surface area contributed by atoms with E-state index >= 15 is 0 Å². The van der Waals surface area contributed by atoms with E-state index < -0.39 is 0 Å². The Morgan fingerprint density at radius 2 is 1.81 bits per heavy atom. The number of para-hydroxylation sites is 1. The van der Waals surface area contributed by atoms with Crippen molar-refractivity contribution in [2.75, 3.05) is 4.90 Å². The molecule has 0 bridgehead atoms. The quantitative estimate of drug-likeness (QED) is 0.435. The normalized spacial score (nSPS) is 18.3. The van der Waals surface area contributed by atoms with Crippen LogP contribution in [0.3, 0.4) is 0 Å². The first-order valence-corrected chi connectivity index (χ1v) is 10.5. The van der Waals surface area contributed by atoms with Gasteiger partial charge in [0.1, 0.15) is 11.9 Å². The fourth-order valence-electron chi connectivity index (χ4n) is 4.21. The van der Waals surface area contributed by atoms with Gasteiger partial charge in [0.25, 0.3) is 0 Å². The Labute approximate surface area is 186 Å². The van der Waals surface area contributed by atoms with Crippen molar-refractivity contribution in [3.63, 3.8) is 0 Å². The fourth-order valence-corrected chi connectivity index (χ4v) is 4.55. The highest BCUT2D eigenvalue weighted by atomic mass is 32.1. The molecule has 0 spiro atoms. The highest BCUT2D eigenvalue weighted by Gasteiger charge is 2.42. The zero-order chi connectivity index (χ0) is 21.4. The molecule has 1 saturated heterocycles. The monoisotopic (exact) mass is 428 g/mol. The molecular weight excluding hydrogens is 407 g/mol. The standard InChI is InChI=1S/C25H21FN4S/c1-17-8-6-9-18(16-17)29-15-7-13-22(29)24-23(20-11-4-5-14-27-20)28-25(31)30(24)21-12-3-2-10-19(21)26/h2-16,23-24H,1H3,(H,28,31)/t23-,24-/m1/s1. The summed E-state index contributed by atoms with van der Waals surface area (Å²) < 4.78 is 17.0. The lowest BCUT2D eigenvalue weighted by Gasteiger charge is -2.29. The Morgan fingerprint density at radius 1 is 0.968 bits per heavy atom. The van der Waals surface area contributed by atoms with Crippen LogP contribution in [0.25, 0.3) is 5.69 Å². The molecule has 0 amide bonds. The van der Waals surface area contributed by atoms with Crippen LogP contribution >= 0.6 is 12.2 Å². The molecule has 0 aliphatic carbocycles. The molecule has 5 rings (SSSR count). The molecule has 4 aromatic rings. The Hall–Kier alpha value is -3.51. The van der Waals surface area contributed by atoms with E-state index in [-0.39, 0.29) is 17.9 Å². The maximum atomic E-state index is 14.9. The first-order valence-electron chi connectivity index (χ1n) is 10.1. The minimum atomic E-state index is -0.313. The van der Waals surface area contributed by atoms with E-state index in [2.05, 4.69) is 46.1 Å². The summed E-state index contributed by atoms with van der Waals surface area (Å²) in [7, 11) is 0. The Kier molecular flexibility index (Phi) is 5.00. The zero-order valence-electron chi connectivity index (χ0n) is 16.9. The summed E-state index contributed by atoms with van der Waals surface area (Å²) in [5.74, 6) is -0.313. The van der Waals surface area contributed by atoms with Gasteiger partial charge in [0.2, 0.25) is 0 Å². The smallest absolute Gasteiger partial charge is 0.174 e. The van der Waals surface area contributed by atoms with Gasteiger partial charge < -0.3 is 14.8 Å². The van der Waals surface area contributed by atoms with Gasteiger partial charge in [-0.2, -0.15) is 0 Å². The molecule has 1 fully saturated rings. The van der Waals surface area contributed by atoms with Crippen LogP contribution in [-0.4, -0.2) is 14.7 Å². The van der Waals surface area contributed by atoms with Crippen LogP contribution in [0.1, 0.15) is 29.0 Å². The number of thiocarbonyl (C=S) groups is 1. The van der Waals surface area contributed by atoms with E-state index in [9.17, 15) is 4.39 Å². The van der Waals surface area contributed by atoms with E-state index in [0.29, 0.717) is 10.8 Å². The summed E-state index contributed by atoms with van der Waals surface area (Å²) in [4.78, 5) is 6.44. The highest BCUT2D eigenvalue weighted by Crippen LogP contribution is 2.42. The van der Waals surface area contributed by atoms with Gasteiger partial charge in [0, 0.05) is 23.8 Å². The Morgan fingerprint density at radius 3 is 2.58 bits per heavy atom. The summed E-state index contributed by atoms with van der Waals surface area (Å²) in [5.41, 5.74) is 4.51. The molecule has 2 atom stereocenters. The van der Waals surface area contributed by atoms with E-state index in [1.54, 1.807) is 18.3 Å². The summed E-state index contributed by atoms with van der Waals surface area (Å²) in [6, 6.07) is 24.4. The molecular formula is C25H21FN4S. The van der Waals surface area contributed by atoms with Crippen LogP contribution in [0.5, 0.6) is 0 Å². The number of anilines is 1. The second-order valence-electron chi connectivity index (χ2n) is 7.59. The van der Waals surface area contributed by atoms with Crippen molar-refractivity contribution in [2.24, 2.45) is 0 Å². The molecule has 3 heterocycles. The molecule has 31 heavy (non-hydrogen) atoms. The largest absolute Gasteiger partial charge is 0.351 e. The summed E-state index contributed by atoms with van der Waals surface area (Å²) in [5, 5.41) is 3.86. The van der Waals surface area contributed by atoms with Gasteiger partial charge >= 0.3 is 0 Å². The molecule has 1 N–H and O–H groups in total. The number of benzene rings is 2. The van der Waals surface area contributed by atoms with Gasteiger partial charge in [0.15, 0.2) is 5.11 Å². The predicted molar refractivity (Wildman–Crippen MR) is 125 cm³/mol. The molecule has 2 aromatic carbocycles. The molecule has 0 unspecified atom stereocenters. The maximum absolute atomic E-state index is 14.9. The van der Waals surface area contributed by atoms with Crippen LogP contribution in [-0.2, 0) is 0 Å². The summed E-state index contributed by atoms with van der Waals surface area (Å²) in [6.07, 6.45) is 3.79. The molecule has 2 aromatic heterocycles. The van der Waals surface area contributed by atoms with Crippen molar-refractivity contribution < 1.29 is 4.39 Å². The average Bonchev–Trinajstić information content (AvgIpc) is 3.39. The van der Waals surface area contributed by atoms with Crippen LogP contribution in [0, 0.1) is 12.7 Å². The number of rotatable bonds is 4. The number of hydrogen-bond acceptors (Lipinski definition) is 2. The van der Waals surface area contributed by atoms with Crippen molar-refractivity contribution >= 4 is 23.0 Å². The Bertz CT molecular complexity index is 1240. The Balaban J connectivity index is 1.69. The lowest BCUT2D eigenvalue weighted by molar-refractivity contribution is 0.542. The second-order valence-corrected chi connectivity index (χ2v) is 7.98. The summed E-state index contributed by atoms with van der Waals surface area (Å²) in [6.45, 7) is 2.07. The second kappa shape index (κ2) is 7.96.